The molecule has 1 unspecified atom stereocenters. The van der Waals surface area contributed by atoms with Gasteiger partial charge in [0.25, 0.3) is 5.91 Å². The second-order valence-electron chi connectivity index (χ2n) is 3.88. The van der Waals surface area contributed by atoms with Crippen molar-refractivity contribution in [1.82, 2.24) is 0 Å². The molecule has 0 bridgehead atoms. The predicted molar refractivity (Wildman–Crippen MR) is 56.5 cm³/mol. The monoisotopic (exact) mass is 201 g/mol. The van der Waals surface area contributed by atoms with Crippen molar-refractivity contribution in [3.05, 3.63) is 41.5 Å². The average Bonchev–Trinajstić information content (AvgIpc) is 2.74. The summed E-state index contributed by atoms with van der Waals surface area (Å²) in [6, 6.07) is 7.68. The molecule has 0 radical (unpaired) electrons. The fourth-order valence-electron chi connectivity index (χ4n) is 2.32. The number of carbonyl (C=O) groups is 1. The quantitative estimate of drug-likeness (QED) is 0.650. The summed E-state index contributed by atoms with van der Waals surface area (Å²) in [5.74, 6) is -0.0741. The molecule has 3 heteroatoms. The standard InChI is InChI=1S/C12H11NO2/c1-8-6-7-15-12(8)9-4-2-3-5-10(9)13-11(12)14/h2-6H,7H2,1H3,(H,13,14). The first-order valence-electron chi connectivity index (χ1n) is 4.97. The molecule has 0 fully saturated rings. The zero-order valence-corrected chi connectivity index (χ0v) is 8.41. The second kappa shape index (κ2) is 2.70. The van der Waals surface area contributed by atoms with E-state index in [4.69, 9.17) is 4.74 Å². The van der Waals surface area contributed by atoms with Crippen molar-refractivity contribution in [2.75, 3.05) is 11.9 Å². The number of carbonyl (C=O) groups excluding carboxylic acids is 1. The number of hydrogen-bond acceptors (Lipinski definition) is 2. The Kier molecular flexibility index (Phi) is 1.56. The summed E-state index contributed by atoms with van der Waals surface area (Å²) in [4.78, 5) is 12.0. The van der Waals surface area contributed by atoms with E-state index in [9.17, 15) is 4.79 Å². The van der Waals surface area contributed by atoms with Crippen LogP contribution in [0.5, 0.6) is 0 Å². The van der Waals surface area contributed by atoms with E-state index in [2.05, 4.69) is 5.32 Å². The van der Waals surface area contributed by atoms with Crippen molar-refractivity contribution in [3.8, 4) is 0 Å². The van der Waals surface area contributed by atoms with E-state index in [-0.39, 0.29) is 5.91 Å². The van der Waals surface area contributed by atoms with Gasteiger partial charge in [-0.1, -0.05) is 24.3 Å². The molecule has 1 aromatic rings. The van der Waals surface area contributed by atoms with Crippen LogP contribution in [0.2, 0.25) is 0 Å². The Balaban J connectivity index is 2.26. The summed E-state index contributed by atoms with van der Waals surface area (Å²) in [5, 5.41) is 2.86. The number of para-hydroxylation sites is 1. The van der Waals surface area contributed by atoms with Crippen LogP contribution in [0, 0.1) is 0 Å². The Hall–Kier alpha value is -1.61. The summed E-state index contributed by atoms with van der Waals surface area (Å²) >= 11 is 0. The van der Waals surface area contributed by atoms with Gasteiger partial charge in [-0.3, -0.25) is 4.79 Å². The minimum Gasteiger partial charge on any atom is -0.352 e. The lowest BCUT2D eigenvalue weighted by Gasteiger charge is -2.22. The van der Waals surface area contributed by atoms with Gasteiger partial charge in [0, 0.05) is 11.3 Å². The topological polar surface area (TPSA) is 38.3 Å². The number of hydrogen-bond donors (Lipinski definition) is 1. The number of amides is 1. The molecule has 1 amide bonds. The van der Waals surface area contributed by atoms with E-state index in [1.807, 2.05) is 37.3 Å². The highest BCUT2D eigenvalue weighted by Gasteiger charge is 2.51. The summed E-state index contributed by atoms with van der Waals surface area (Å²) < 4.78 is 5.65. The van der Waals surface area contributed by atoms with Crippen LogP contribution in [0.1, 0.15) is 12.5 Å². The summed E-state index contributed by atoms with van der Waals surface area (Å²) in [5.41, 5.74) is 1.92. The number of nitrogens with one attached hydrogen (secondary N) is 1. The van der Waals surface area contributed by atoms with Crippen molar-refractivity contribution in [2.45, 2.75) is 12.5 Å². The average molecular weight is 201 g/mol. The van der Waals surface area contributed by atoms with E-state index < -0.39 is 5.60 Å². The van der Waals surface area contributed by atoms with Crippen LogP contribution in [0.15, 0.2) is 35.9 Å². The molecule has 1 aromatic carbocycles. The predicted octanol–water partition coefficient (Wildman–Crippen LogP) is 1.81. The number of fused-ring (bicyclic) bond motifs is 2. The van der Waals surface area contributed by atoms with Gasteiger partial charge >= 0.3 is 0 Å². The highest BCUT2D eigenvalue weighted by atomic mass is 16.5. The highest BCUT2D eigenvalue weighted by Crippen LogP contribution is 2.45. The molecule has 1 N–H and O–H groups in total. The van der Waals surface area contributed by atoms with Crippen molar-refractivity contribution in [1.29, 1.82) is 0 Å². The SMILES string of the molecule is CC1=CCOC12C(=O)Nc1ccccc12. The number of benzene rings is 1. The van der Waals surface area contributed by atoms with E-state index in [1.54, 1.807) is 0 Å². The molecular weight excluding hydrogens is 190 g/mol. The molecule has 2 aliphatic heterocycles. The van der Waals surface area contributed by atoms with Gasteiger partial charge in [-0.25, -0.2) is 0 Å². The maximum atomic E-state index is 12.0. The van der Waals surface area contributed by atoms with Crippen molar-refractivity contribution < 1.29 is 9.53 Å². The number of rotatable bonds is 0. The summed E-state index contributed by atoms with van der Waals surface area (Å²) in [6.45, 7) is 2.45. The lowest BCUT2D eigenvalue weighted by Crippen LogP contribution is -2.35. The van der Waals surface area contributed by atoms with Crippen LogP contribution in [0.4, 0.5) is 5.69 Å². The van der Waals surface area contributed by atoms with Crippen LogP contribution in [0.25, 0.3) is 0 Å². The maximum Gasteiger partial charge on any atom is 0.265 e. The lowest BCUT2D eigenvalue weighted by atomic mass is 9.89. The van der Waals surface area contributed by atoms with Crippen molar-refractivity contribution >= 4 is 11.6 Å². The Labute approximate surface area is 87.7 Å². The fourth-order valence-corrected chi connectivity index (χ4v) is 2.32. The van der Waals surface area contributed by atoms with E-state index in [0.717, 1.165) is 16.8 Å². The molecular formula is C12H11NO2. The summed E-state index contributed by atoms with van der Waals surface area (Å²) in [6.07, 6.45) is 1.96. The Morgan fingerprint density at radius 3 is 2.93 bits per heavy atom. The van der Waals surface area contributed by atoms with Crippen molar-refractivity contribution in [3.63, 3.8) is 0 Å². The molecule has 2 aliphatic rings. The minimum absolute atomic E-state index is 0.0741. The van der Waals surface area contributed by atoms with Crippen LogP contribution in [-0.2, 0) is 15.1 Å². The molecule has 1 spiro atoms. The molecule has 15 heavy (non-hydrogen) atoms. The van der Waals surface area contributed by atoms with Gasteiger partial charge in [-0.2, -0.15) is 0 Å². The first-order chi connectivity index (χ1) is 7.25. The maximum absolute atomic E-state index is 12.0. The minimum atomic E-state index is -0.851. The first-order valence-corrected chi connectivity index (χ1v) is 4.97. The van der Waals surface area contributed by atoms with Gasteiger partial charge in [-0.05, 0) is 18.6 Å². The molecule has 3 nitrogen and oxygen atoms in total. The molecule has 0 saturated carbocycles. The van der Waals surface area contributed by atoms with Crippen molar-refractivity contribution in [2.24, 2.45) is 0 Å². The zero-order valence-electron chi connectivity index (χ0n) is 8.41. The van der Waals surface area contributed by atoms with Crippen LogP contribution in [0.3, 0.4) is 0 Å². The largest absolute Gasteiger partial charge is 0.352 e. The Morgan fingerprint density at radius 1 is 1.40 bits per heavy atom. The van der Waals surface area contributed by atoms with E-state index >= 15 is 0 Å². The number of anilines is 1. The molecule has 0 aromatic heterocycles. The third-order valence-corrected chi connectivity index (χ3v) is 3.12. The normalized spacial score (nSPS) is 27.8. The van der Waals surface area contributed by atoms with Gasteiger partial charge < -0.3 is 10.1 Å². The van der Waals surface area contributed by atoms with Crippen LogP contribution < -0.4 is 5.32 Å². The molecule has 76 valence electrons. The van der Waals surface area contributed by atoms with Gasteiger partial charge in [0.1, 0.15) is 0 Å². The Morgan fingerprint density at radius 2 is 2.20 bits per heavy atom. The molecule has 0 aliphatic carbocycles. The zero-order chi connectivity index (χ0) is 10.5. The van der Waals surface area contributed by atoms with Gasteiger partial charge in [0.2, 0.25) is 0 Å². The summed E-state index contributed by atoms with van der Waals surface area (Å²) in [7, 11) is 0. The second-order valence-corrected chi connectivity index (χ2v) is 3.88. The third-order valence-electron chi connectivity index (χ3n) is 3.12. The molecule has 2 heterocycles. The smallest absolute Gasteiger partial charge is 0.265 e. The first kappa shape index (κ1) is 8.68. The lowest BCUT2D eigenvalue weighted by molar-refractivity contribution is -0.132. The van der Waals surface area contributed by atoms with Gasteiger partial charge in [-0.15, -0.1) is 0 Å². The van der Waals surface area contributed by atoms with E-state index in [1.165, 1.54) is 0 Å². The van der Waals surface area contributed by atoms with Crippen LogP contribution >= 0.6 is 0 Å². The third kappa shape index (κ3) is 0.908. The molecule has 0 saturated heterocycles. The fraction of sp³-hybridized carbons (Fsp3) is 0.250. The Bertz CT molecular complexity index is 478. The van der Waals surface area contributed by atoms with Gasteiger partial charge in [0.05, 0.1) is 6.61 Å². The number of ether oxygens (including phenoxy) is 1. The highest BCUT2D eigenvalue weighted by molar-refractivity contribution is 6.07. The molecule has 1 atom stereocenters. The van der Waals surface area contributed by atoms with Crippen LogP contribution in [-0.4, -0.2) is 12.5 Å². The van der Waals surface area contributed by atoms with E-state index in [0.29, 0.717) is 6.61 Å². The van der Waals surface area contributed by atoms with Gasteiger partial charge in [0.15, 0.2) is 5.60 Å². The molecule has 3 rings (SSSR count).